The summed E-state index contributed by atoms with van der Waals surface area (Å²) in [6, 6.07) is 6.86. The van der Waals surface area contributed by atoms with Crippen molar-refractivity contribution in [3.8, 4) is 0 Å². The van der Waals surface area contributed by atoms with E-state index in [1.807, 2.05) is 0 Å². The lowest BCUT2D eigenvalue weighted by atomic mass is 10.1. The Balaban J connectivity index is 2.13. The number of nitrogens with zero attached hydrogens (tertiary/aromatic N) is 2. The minimum atomic E-state index is -0.539. The number of thiazole rings is 1. The van der Waals surface area contributed by atoms with Crippen LogP contribution in [0.2, 0.25) is 0 Å². The van der Waals surface area contributed by atoms with Crippen LogP contribution in [0.5, 0.6) is 0 Å². The number of ether oxygens (including phenoxy) is 1. The SMILES string of the molecule is COCCCO/N=C(/C(=O)Nc1ncc(F)s1)c1ccc(S)cc1. The molecular formula is C15H16FN3O3S2. The maximum Gasteiger partial charge on any atom is 0.280 e. The van der Waals surface area contributed by atoms with E-state index < -0.39 is 11.0 Å². The monoisotopic (exact) mass is 369 g/mol. The van der Waals surface area contributed by atoms with Gasteiger partial charge in [-0.05, 0) is 12.1 Å². The van der Waals surface area contributed by atoms with E-state index in [9.17, 15) is 9.18 Å². The quantitative estimate of drug-likeness (QED) is 0.325. The smallest absolute Gasteiger partial charge is 0.280 e. The van der Waals surface area contributed by atoms with Gasteiger partial charge < -0.3 is 9.57 Å². The molecule has 0 aliphatic carbocycles. The first-order valence-corrected chi connectivity index (χ1v) is 8.27. The molecule has 24 heavy (non-hydrogen) atoms. The third-order valence-corrected chi connectivity index (χ3v) is 3.79. The van der Waals surface area contributed by atoms with Crippen molar-refractivity contribution in [2.24, 2.45) is 5.16 Å². The highest BCUT2D eigenvalue weighted by Crippen LogP contribution is 2.17. The first-order valence-electron chi connectivity index (χ1n) is 7.01. The summed E-state index contributed by atoms with van der Waals surface area (Å²) in [6.07, 6.45) is 1.68. The second-order valence-electron chi connectivity index (χ2n) is 4.59. The van der Waals surface area contributed by atoms with E-state index in [-0.39, 0.29) is 10.8 Å². The molecule has 1 aromatic carbocycles. The lowest BCUT2D eigenvalue weighted by molar-refractivity contribution is -0.110. The molecule has 0 bridgehead atoms. The summed E-state index contributed by atoms with van der Waals surface area (Å²) in [4.78, 5) is 22.1. The highest BCUT2D eigenvalue weighted by molar-refractivity contribution is 7.80. The highest BCUT2D eigenvalue weighted by Gasteiger charge is 2.17. The van der Waals surface area contributed by atoms with Crippen molar-refractivity contribution < 1.29 is 18.8 Å². The molecule has 0 aliphatic rings. The van der Waals surface area contributed by atoms with Crippen LogP contribution in [0.25, 0.3) is 0 Å². The van der Waals surface area contributed by atoms with Crippen LogP contribution in [-0.4, -0.2) is 36.9 Å². The largest absolute Gasteiger partial charge is 0.395 e. The van der Waals surface area contributed by atoms with Gasteiger partial charge in [0.15, 0.2) is 16.0 Å². The van der Waals surface area contributed by atoms with Crippen LogP contribution < -0.4 is 5.32 Å². The van der Waals surface area contributed by atoms with Gasteiger partial charge in [-0.3, -0.25) is 10.1 Å². The number of carbonyl (C=O) groups excluding carboxylic acids is 1. The van der Waals surface area contributed by atoms with E-state index in [0.717, 1.165) is 22.4 Å². The third-order valence-electron chi connectivity index (χ3n) is 2.79. The number of carbonyl (C=O) groups is 1. The van der Waals surface area contributed by atoms with Gasteiger partial charge in [0.05, 0.1) is 6.20 Å². The lowest BCUT2D eigenvalue weighted by Crippen LogP contribution is -2.24. The average Bonchev–Trinajstić information content (AvgIpc) is 2.97. The van der Waals surface area contributed by atoms with E-state index in [4.69, 9.17) is 9.57 Å². The molecule has 0 fully saturated rings. The molecule has 0 unspecified atom stereocenters. The van der Waals surface area contributed by atoms with Crippen molar-refractivity contribution >= 4 is 40.7 Å². The molecule has 0 saturated carbocycles. The zero-order valence-electron chi connectivity index (χ0n) is 12.9. The zero-order valence-corrected chi connectivity index (χ0v) is 14.6. The standard InChI is InChI=1S/C15H16FN3O3S2/c1-21-7-2-8-22-19-13(10-3-5-11(23)6-4-10)14(20)18-15-17-9-12(16)24-15/h3-6,9,23H,2,7-8H2,1H3,(H,17,18,20)/b19-13+. The number of nitrogens with one attached hydrogen (secondary N) is 1. The number of methoxy groups -OCH3 is 1. The highest BCUT2D eigenvalue weighted by atomic mass is 32.1. The second kappa shape index (κ2) is 9.36. The topological polar surface area (TPSA) is 72.8 Å². The number of halogens is 1. The molecule has 2 rings (SSSR count). The lowest BCUT2D eigenvalue weighted by Gasteiger charge is -2.07. The molecule has 0 aliphatic heterocycles. The van der Waals surface area contributed by atoms with Gasteiger partial charge >= 0.3 is 0 Å². The van der Waals surface area contributed by atoms with Crippen molar-refractivity contribution in [2.45, 2.75) is 11.3 Å². The first kappa shape index (κ1) is 18.4. The number of amides is 1. The van der Waals surface area contributed by atoms with E-state index in [1.54, 1.807) is 31.4 Å². The Morgan fingerprint density at radius 2 is 2.12 bits per heavy atom. The molecule has 1 N–H and O–H groups in total. The number of rotatable bonds is 8. The molecule has 128 valence electrons. The summed E-state index contributed by atoms with van der Waals surface area (Å²) in [5.41, 5.74) is 0.616. The summed E-state index contributed by atoms with van der Waals surface area (Å²) < 4.78 is 17.9. The van der Waals surface area contributed by atoms with Gasteiger partial charge in [0.2, 0.25) is 0 Å². The van der Waals surface area contributed by atoms with Crippen molar-refractivity contribution in [2.75, 3.05) is 25.6 Å². The van der Waals surface area contributed by atoms with Gasteiger partial charge in [0.25, 0.3) is 5.91 Å². The molecule has 1 heterocycles. The van der Waals surface area contributed by atoms with Gasteiger partial charge in [0, 0.05) is 30.6 Å². The van der Waals surface area contributed by atoms with Crippen LogP contribution in [0.15, 0.2) is 40.5 Å². The summed E-state index contributed by atoms with van der Waals surface area (Å²) in [5, 5.41) is 6.07. The van der Waals surface area contributed by atoms with Crippen LogP contribution in [-0.2, 0) is 14.4 Å². The summed E-state index contributed by atoms with van der Waals surface area (Å²) >= 11 is 4.94. The Kier molecular flexibility index (Phi) is 7.16. The number of hydrogen-bond donors (Lipinski definition) is 2. The van der Waals surface area contributed by atoms with E-state index in [1.165, 1.54) is 0 Å². The summed E-state index contributed by atoms with van der Waals surface area (Å²) in [7, 11) is 1.59. The molecule has 1 aromatic heterocycles. The predicted octanol–water partition coefficient (Wildman–Crippen LogP) is 2.97. The fourth-order valence-corrected chi connectivity index (χ4v) is 2.38. The van der Waals surface area contributed by atoms with Crippen LogP contribution in [0, 0.1) is 5.13 Å². The van der Waals surface area contributed by atoms with Crippen molar-refractivity contribution in [3.63, 3.8) is 0 Å². The molecule has 0 atom stereocenters. The minimum Gasteiger partial charge on any atom is -0.395 e. The van der Waals surface area contributed by atoms with Gasteiger partial charge in [-0.1, -0.05) is 28.6 Å². The van der Waals surface area contributed by atoms with Gasteiger partial charge in [0.1, 0.15) is 6.61 Å². The number of hydrogen-bond acceptors (Lipinski definition) is 7. The van der Waals surface area contributed by atoms with Crippen LogP contribution in [0.1, 0.15) is 12.0 Å². The Bertz CT molecular complexity index is 704. The number of benzene rings is 1. The van der Waals surface area contributed by atoms with Crippen molar-refractivity contribution in [3.05, 3.63) is 41.2 Å². The van der Waals surface area contributed by atoms with Gasteiger partial charge in [-0.25, -0.2) is 4.98 Å². The third kappa shape index (κ3) is 5.59. The second-order valence-corrected chi connectivity index (χ2v) is 6.09. The van der Waals surface area contributed by atoms with Crippen LogP contribution >= 0.6 is 24.0 Å². The fraction of sp³-hybridized carbons (Fsp3) is 0.267. The fourth-order valence-electron chi connectivity index (χ4n) is 1.69. The van der Waals surface area contributed by atoms with E-state index >= 15 is 0 Å². The van der Waals surface area contributed by atoms with Gasteiger partial charge in [-0.2, -0.15) is 4.39 Å². The van der Waals surface area contributed by atoms with Crippen LogP contribution in [0.4, 0.5) is 9.52 Å². The molecule has 0 spiro atoms. The summed E-state index contributed by atoms with van der Waals surface area (Å²) in [5.74, 6) is -0.539. The summed E-state index contributed by atoms with van der Waals surface area (Å²) in [6.45, 7) is 0.838. The number of aromatic nitrogens is 1. The van der Waals surface area contributed by atoms with E-state index in [0.29, 0.717) is 25.2 Å². The zero-order chi connectivity index (χ0) is 17.4. The molecular weight excluding hydrogens is 353 g/mol. The Hall–Kier alpha value is -1.97. The maximum atomic E-state index is 13.0. The Morgan fingerprint density at radius 1 is 1.38 bits per heavy atom. The molecule has 0 saturated heterocycles. The molecule has 0 radical (unpaired) electrons. The minimum absolute atomic E-state index is 0.0661. The Morgan fingerprint density at radius 3 is 2.75 bits per heavy atom. The van der Waals surface area contributed by atoms with Gasteiger partial charge in [-0.15, -0.1) is 12.6 Å². The predicted molar refractivity (Wildman–Crippen MR) is 93.4 cm³/mol. The maximum absolute atomic E-state index is 13.0. The van der Waals surface area contributed by atoms with E-state index in [2.05, 4.69) is 28.1 Å². The number of thiol groups is 1. The normalized spacial score (nSPS) is 11.4. The number of anilines is 1. The average molecular weight is 369 g/mol. The molecule has 2 aromatic rings. The molecule has 1 amide bonds. The van der Waals surface area contributed by atoms with Crippen molar-refractivity contribution in [1.29, 1.82) is 0 Å². The van der Waals surface area contributed by atoms with Crippen molar-refractivity contribution in [1.82, 2.24) is 4.98 Å². The molecule has 6 nitrogen and oxygen atoms in total. The number of oxime groups is 1. The molecule has 9 heteroatoms. The first-order chi connectivity index (χ1) is 11.6. The Labute approximate surface area is 148 Å². The van der Waals surface area contributed by atoms with Crippen LogP contribution in [0.3, 0.4) is 0 Å².